The Labute approximate surface area is 193 Å². The summed E-state index contributed by atoms with van der Waals surface area (Å²) in [7, 11) is -2.03. The molecule has 1 N–H and O–H groups in total. The van der Waals surface area contributed by atoms with E-state index >= 15 is 0 Å². The number of anilines is 1. The minimum atomic E-state index is -3.55. The van der Waals surface area contributed by atoms with E-state index < -0.39 is 10.0 Å². The van der Waals surface area contributed by atoms with Gasteiger partial charge in [-0.05, 0) is 54.7 Å². The summed E-state index contributed by atoms with van der Waals surface area (Å²) in [6, 6.07) is 12.5. The smallest absolute Gasteiger partial charge is 0.251 e. The highest BCUT2D eigenvalue weighted by molar-refractivity contribution is 7.92. The standard InChI is InChI=1S/C25H36N2O4S/c1-6-8-9-20(7-2)17-26-25(28)22-13-11-21(12-14-22)18-27(32(5,29)30)23-16-19(3)10-15-24(23)31-4/h10-16,20H,6-9,17-18H2,1-5H3,(H,26,28)/t20-/m1/s1. The Hall–Kier alpha value is -2.54. The molecule has 6 nitrogen and oxygen atoms in total. The Kier molecular flexibility index (Phi) is 9.57. The lowest BCUT2D eigenvalue weighted by molar-refractivity contribution is 0.0946. The third kappa shape index (κ3) is 7.26. The lowest BCUT2D eigenvalue weighted by Crippen LogP contribution is -2.30. The van der Waals surface area contributed by atoms with Gasteiger partial charge < -0.3 is 10.1 Å². The molecule has 2 aromatic carbocycles. The van der Waals surface area contributed by atoms with Crippen molar-refractivity contribution >= 4 is 21.6 Å². The van der Waals surface area contributed by atoms with Gasteiger partial charge in [-0.1, -0.05) is 51.3 Å². The van der Waals surface area contributed by atoms with Crippen LogP contribution < -0.4 is 14.4 Å². The maximum atomic E-state index is 12.5. The van der Waals surface area contributed by atoms with Gasteiger partial charge in [-0.2, -0.15) is 0 Å². The molecule has 0 aromatic heterocycles. The van der Waals surface area contributed by atoms with E-state index in [0.717, 1.165) is 30.4 Å². The van der Waals surface area contributed by atoms with Gasteiger partial charge in [0, 0.05) is 12.1 Å². The molecule has 0 saturated heterocycles. The van der Waals surface area contributed by atoms with Gasteiger partial charge >= 0.3 is 0 Å². The third-order valence-electron chi connectivity index (χ3n) is 5.64. The minimum absolute atomic E-state index is 0.105. The number of carbonyl (C=O) groups excluding carboxylic acids is 1. The molecule has 0 fully saturated rings. The molecule has 32 heavy (non-hydrogen) atoms. The van der Waals surface area contributed by atoms with Crippen LogP contribution in [-0.4, -0.2) is 34.2 Å². The molecule has 2 rings (SSSR count). The van der Waals surface area contributed by atoms with E-state index in [-0.39, 0.29) is 12.5 Å². The van der Waals surface area contributed by atoms with Crippen molar-refractivity contribution in [2.24, 2.45) is 5.92 Å². The third-order valence-corrected chi connectivity index (χ3v) is 6.77. The maximum Gasteiger partial charge on any atom is 0.251 e. The number of nitrogens with one attached hydrogen (secondary N) is 1. The van der Waals surface area contributed by atoms with Crippen molar-refractivity contribution in [3.63, 3.8) is 0 Å². The largest absolute Gasteiger partial charge is 0.495 e. The van der Waals surface area contributed by atoms with Crippen LogP contribution in [0.4, 0.5) is 5.69 Å². The SMILES string of the molecule is CCCC[C@@H](CC)CNC(=O)c1ccc(CN(c2cc(C)ccc2OC)S(C)(=O)=O)cc1. The maximum absolute atomic E-state index is 12.5. The number of carbonyl (C=O) groups is 1. The Morgan fingerprint density at radius 1 is 1.12 bits per heavy atom. The molecule has 0 saturated carbocycles. The van der Waals surface area contributed by atoms with E-state index in [1.165, 1.54) is 24.1 Å². The summed E-state index contributed by atoms with van der Waals surface area (Å²) in [5.41, 5.74) is 2.78. The van der Waals surface area contributed by atoms with E-state index in [9.17, 15) is 13.2 Å². The minimum Gasteiger partial charge on any atom is -0.495 e. The number of amides is 1. The van der Waals surface area contributed by atoms with Gasteiger partial charge in [0.2, 0.25) is 10.0 Å². The molecular formula is C25H36N2O4S. The van der Waals surface area contributed by atoms with Crippen LogP contribution in [0, 0.1) is 12.8 Å². The van der Waals surface area contributed by atoms with Crippen molar-refractivity contribution in [3.8, 4) is 5.75 Å². The van der Waals surface area contributed by atoms with Crippen molar-refractivity contribution in [3.05, 3.63) is 59.2 Å². The summed E-state index contributed by atoms with van der Waals surface area (Å²) in [5, 5.41) is 3.03. The van der Waals surface area contributed by atoms with E-state index in [4.69, 9.17) is 4.74 Å². The Bertz CT molecular complexity index is 988. The second-order valence-corrected chi connectivity index (χ2v) is 10.2. The molecule has 0 aliphatic heterocycles. The number of nitrogens with zero attached hydrogens (tertiary/aromatic N) is 1. The zero-order chi connectivity index (χ0) is 23.7. The van der Waals surface area contributed by atoms with Crippen molar-refractivity contribution in [1.82, 2.24) is 5.32 Å². The van der Waals surface area contributed by atoms with Crippen LogP contribution in [0.3, 0.4) is 0 Å². The number of hydrogen-bond donors (Lipinski definition) is 1. The molecule has 0 aliphatic rings. The van der Waals surface area contributed by atoms with E-state index in [0.29, 0.717) is 29.5 Å². The number of rotatable bonds is 12. The fourth-order valence-corrected chi connectivity index (χ4v) is 4.47. The molecule has 0 heterocycles. The van der Waals surface area contributed by atoms with E-state index in [2.05, 4.69) is 19.2 Å². The van der Waals surface area contributed by atoms with Crippen molar-refractivity contribution in [2.45, 2.75) is 53.0 Å². The number of ether oxygens (including phenoxy) is 1. The summed E-state index contributed by atoms with van der Waals surface area (Å²) in [5.74, 6) is 0.878. The van der Waals surface area contributed by atoms with Gasteiger partial charge in [0.25, 0.3) is 5.91 Å². The molecular weight excluding hydrogens is 424 g/mol. The van der Waals surface area contributed by atoms with Gasteiger partial charge in [-0.3, -0.25) is 9.10 Å². The molecule has 2 aromatic rings. The summed E-state index contributed by atoms with van der Waals surface area (Å²) in [6.45, 7) is 7.05. The number of hydrogen-bond acceptors (Lipinski definition) is 4. The lowest BCUT2D eigenvalue weighted by atomic mass is 9.99. The van der Waals surface area contributed by atoms with Crippen molar-refractivity contribution < 1.29 is 17.9 Å². The molecule has 0 unspecified atom stereocenters. The monoisotopic (exact) mass is 460 g/mol. The van der Waals surface area contributed by atoms with E-state index in [1.807, 2.05) is 13.0 Å². The first-order chi connectivity index (χ1) is 15.2. The lowest BCUT2D eigenvalue weighted by Gasteiger charge is -2.25. The fourth-order valence-electron chi connectivity index (χ4n) is 3.59. The quantitative estimate of drug-likeness (QED) is 0.488. The molecule has 1 atom stereocenters. The number of methoxy groups -OCH3 is 1. The fraction of sp³-hybridized carbons (Fsp3) is 0.480. The van der Waals surface area contributed by atoms with Crippen LogP contribution in [0.15, 0.2) is 42.5 Å². The number of aryl methyl sites for hydroxylation is 1. The number of sulfonamides is 1. The predicted molar refractivity (Wildman–Crippen MR) is 131 cm³/mol. The van der Waals surface area contributed by atoms with Crippen LogP contribution in [0.1, 0.15) is 61.0 Å². The highest BCUT2D eigenvalue weighted by Crippen LogP contribution is 2.32. The number of benzene rings is 2. The topological polar surface area (TPSA) is 75.7 Å². The van der Waals surface area contributed by atoms with Crippen LogP contribution >= 0.6 is 0 Å². The second kappa shape index (κ2) is 11.9. The normalized spacial score (nSPS) is 12.3. The van der Waals surface area contributed by atoms with Gasteiger partial charge in [0.05, 0.1) is 25.6 Å². The summed E-state index contributed by atoms with van der Waals surface area (Å²) >= 11 is 0. The molecule has 176 valence electrons. The molecule has 7 heteroatoms. The number of unbranched alkanes of at least 4 members (excludes halogenated alkanes) is 1. The Morgan fingerprint density at radius 3 is 2.38 bits per heavy atom. The predicted octanol–water partition coefficient (Wildman–Crippen LogP) is 4.92. The van der Waals surface area contributed by atoms with Gasteiger partial charge in [0.15, 0.2) is 0 Å². The first-order valence-electron chi connectivity index (χ1n) is 11.2. The Balaban J connectivity index is 2.14. The van der Waals surface area contributed by atoms with Crippen LogP contribution in [0.2, 0.25) is 0 Å². The summed E-state index contributed by atoms with van der Waals surface area (Å²) in [4.78, 5) is 12.5. The average Bonchev–Trinajstić information content (AvgIpc) is 2.77. The van der Waals surface area contributed by atoms with Gasteiger partial charge in [-0.25, -0.2) is 8.42 Å². The molecule has 1 amide bonds. The van der Waals surface area contributed by atoms with Crippen LogP contribution in [0.25, 0.3) is 0 Å². The molecule has 0 aliphatic carbocycles. The molecule has 0 spiro atoms. The average molecular weight is 461 g/mol. The zero-order valence-corrected chi connectivity index (χ0v) is 20.7. The summed E-state index contributed by atoms with van der Waals surface area (Å²) in [6.07, 6.45) is 5.68. The molecule has 0 radical (unpaired) electrons. The van der Waals surface area contributed by atoms with Gasteiger partial charge in [-0.15, -0.1) is 0 Å². The van der Waals surface area contributed by atoms with Crippen molar-refractivity contribution in [1.29, 1.82) is 0 Å². The second-order valence-electron chi connectivity index (χ2n) is 8.27. The molecule has 0 bridgehead atoms. The van der Waals surface area contributed by atoms with E-state index in [1.54, 1.807) is 36.4 Å². The first-order valence-corrected chi connectivity index (χ1v) is 13.0. The zero-order valence-electron chi connectivity index (χ0n) is 19.8. The highest BCUT2D eigenvalue weighted by atomic mass is 32.2. The van der Waals surface area contributed by atoms with Crippen molar-refractivity contribution in [2.75, 3.05) is 24.2 Å². The van der Waals surface area contributed by atoms with Gasteiger partial charge in [0.1, 0.15) is 5.75 Å². The van der Waals surface area contributed by atoms with Crippen LogP contribution in [-0.2, 0) is 16.6 Å². The first kappa shape index (κ1) is 25.7. The summed E-state index contributed by atoms with van der Waals surface area (Å²) < 4.78 is 31.8. The van der Waals surface area contributed by atoms with Crippen LogP contribution in [0.5, 0.6) is 5.75 Å². The highest BCUT2D eigenvalue weighted by Gasteiger charge is 2.22. The Morgan fingerprint density at radius 2 is 1.81 bits per heavy atom.